The lowest BCUT2D eigenvalue weighted by molar-refractivity contribution is -0.137. The number of hydrogen-bond donors (Lipinski definition) is 0. The van der Waals surface area contributed by atoms with Gasteiger partial charge in [0.05, 0.1) is 0 Å². The van der Waals surface area contributed by atoms with E-state index in [0.29, 0.717) is 5.57 Å². The van der Waals surface area contributed by atoms with E-state index in [2.05, 4.69) is 6.58 Å². The van der Waals surface area contributed by atoms with E-state index >= 15 is 0 Å². The summed E-state index contributed by atoms with van der Waals surface area (Å²) < 4.78 is 4.92. The number of hydrogen-bond acceptors (Lipinski definition) is 2. The fraction of sp³-hybridized carbons (Fsp3) is 0.214. The lowest BCUT2D eigenvalue weighted by Crippen LogP contribution is -2.04. The van der Waals surface area contributed by atoms with Crippen LogP contribution in [0, 0.1) is 6.92 Å². The van der Waals surface area contributed by atoms with Gasteiger partial charge in [-0.25, -0.2) is 4.79 Å². The Hall–Kier alpha value is -1.83. The molecule has 0 fully saturated rings. The van der Waals surface area contributed by atoms with Crippen LogP contribution < -0.4 is 0 Å². The molecule has 0 heterocycles. The first-order valence-corrected chi connectivity index (χ1v) is 5.15. The molecule has 0 aromatic heterocycles. The molecule has 0 aliphatic rings. The largest absolute Gasteiger partial charge is 0.458 e. The Kier molecular flexibility index (Phi) is 4.52. The van der Waals surface area contributed by atoms with E-state index in [1.54, 1.807) is 6.92 Å². The molecule has 1 aromatic carbocycles. The fourth-order valence-corrected chi connectivity index (χ4v) is 1.11. The molecule has 0 aliphatic heterocycles. The first kappa shape index (κ1) is 12.2. The molecule has 0 bridgehead atoms. The zero-order valence-corrected chi connectivity index (χ0v) is 9.69. The summed E-state index contributed by atoms with van der Waals surface area (Å²) in [6.45, 7) is 7.46. The molecule has 2 nitrogen and oxygen atoms in total. The first-order chi connectivity index (χ1) is 7.59. The molecule has 0 atom stereocenters. The van der Waals surface area contributed by atoms with Crippen molar-refractivity contribution >= 4 is 12.0 Å². The van der Waals surface area contributed by atoms with Gasteiger partial charge in [-0.15, -0.1) is 0 Å². The van der Waals surface area contributed by atoms with Crippen LogP contribution in [0.25, 0.3) is 6.08 Å². The van der Waals surface area contributed by atoms with Gasteiger partial charge < -0.3 is 4.74 Å². The molecule has 0 unspecified atom stereocenters. The maximum absolute atomic E-state index is 11.0. The number of esters is 1. The standard InChI is InChI=1S/C14H16O2/c1-11(2)14(15)16-10-4-5-13-8-6-12(3)7-9-13/h4-9H,1,10H2,2-3H3. The van der Waals surface area contributed by atoms with Crippen LogP contribution in [0.4, 0.5) is 0 Å². The minimum Gasteiger partial charge on any atom is -0.458 e. The van der Waals surface area contributed by atoms with Crippen molar-refractivity contribution < 1.29 is 9.53 Å². The average Bonchev–Trinajstić information content (AvgIpc) is 2.26. The molecular weight excluding hydrogens is 200 g/mol. The second kappa shape index (κ2) is 5.91. The highest BCUT2D eigenvalue weighted by atomic mass is 16.5. The van der Waals surface area contributed by atoms with Crippen LogP contribution in [0.1, 0.15) is 18.1 Å². The fourth-order valence-electron chi connectivity index (χ4n) is 1.11. The summed E-state index contributed by atoms with van der Waals surface area (Å²) >= 11 is 0. The zero-order chi connectivity index (χ0) is 12.0. The summed E-state index contributed by atoms with van der Waals surface area (Å²) in [5.74, 6) is -0.353. The summed E-state index contributed by atoms with van der Waals surface area (Å²) in [5.41, 5.74) is 2.74. The molecule has 0 amide bonds. The minimum absolute atomic E-state index is 0.277. The number of benzene rings is 1. The highest BCUT2D eigenvalue weighted by Gasteiger charge is 1.99. The predicted octanol–water partition coefficient (Wildman–Crippen LogP) is 3.13. The third kappa shape index (κ3) is 4.13. The van der Waals surface area contributed by atoms with Gasteiger partial charge in [-0.1, -0.05) is 42.5 Å². The van der Waals surface area contributed by atoms with E-state index in [1.165, 1.54) is 5.56 Å². The molecule has 0 aliphatic carbocycles. The van der Waals surface area contributed by atoms with Crippen molar-refractivity contribution in [2.45, 2.75) is 13.8 Å². The summed E-state index contributed by atoms with van der Waals surface area (Å²) in [7, 11) is 0. The van der Waals surface area contributed by atoms with Gasteiger partial charge in [0, 0.05) is 5.57 Å². The van der Waals surface area contributed by atoms with Crippen LogP contribution in [-0.4, -0.2) is 12.6 Å². The Morgan fingerprint density at radius 1 is 1.38 bits per heavy atom. The number of aryl methyl sites for hydroxylation is 1. The zero-order valence-electron chi connectivity index (χ0n) is 9.69. The average molecular weight is 216 g/mol. The molecule has 84 valence electrons. The molecule has 0 saturated carbocycles. The van der Waals surface area contributed by atoms with Crippen molar-refractivity contribution in [1.29, 1.82) is 0 Å². The van der Waals surface area contributed by atoms with Crippen molar-refractivity contribution in [3.8, 4) is 0 Å². The van der Waals surface area contributed by atoms with Crippen LogP contribution in [-0.2, 0) is 9.53 Å². The van der Waals surface area contributed by atoms with Crippen LogP contribution in [0.5, 0.6) is 0 Å². The Morgan fingerprint density at radius 2 is 2.00 bits per heavy atom. The van der Waals surface area contributed by atoms with E-state index < -0.39 is 0 Å². The van der Waals surface area contributed by atoms with Gasteiger partial charge in [0.2, 0.25) is 0 Å². The van der Waals surface area contributed by atoms with Crippen LogP contribution in [0.2, 0.25) is 0 Å². The molecular formula is C14H16O2. The van der Waals surface area contributed by atoms with Gasteiger partial charge in [-0.05, 0) is 25.5 Å². The minimum atomic E-state index is -0.353. The van der Waals surface area contributed by atoms with E-state index in [9.17, 15) is 4.79 Å². The van der Waals surface area contributed by atoms with Crippen LogP contribution in [0.3, 0.4) is 0 Å². The molecule has 1 aromatic rings. The molecule has 0 radical (unpaired) electrons. The van der Waals surface area contributed by atoms with Crippen molar-refractivity contribution in [3.05, 3.63) is 53.6 Å². The highest BCUT2D eigenvalue weighted by molar-refractivity contribution is 5.87. The highest BCUT2D eigenvalue weighted by Crippen LogP contribution is 2.04. The van der Waals surface area contributed by atoms with Crippen molar-refractivity contribution in [1.82, 2.24) is 0 Å². The lowest BCUT2D eigenvalue weighted by atomic mass is 10.1. The molecule has 0 saturated heterocycles. The number of rotatable bonds is 4. The van der Waals surface area contributed by atoms with Gasteiger partial charge in [0.25, 0.3) is 0 Å². The van der Waals surface area contributed by atoms with Crippen molar-refractivity contribution in [2.24, 2.45) is 0 Å². The molecule has 0 N–H and O–H groups in total. The molecule has 16 heavy (non-hydrogen) atoms. The number of carbonyl (C=O) groups is 1. The molecule has 0 spiro atoms. The summed E-state index contributed by atoms with van der Waals surface area (Å²) in [5, 5.41) is 0. The Balaban J connectivity index is 2.40. The van der Waals surface area contributed by atoms with E-state index in [4.69, 9.17) is 4.74 Å². The van der Waals surface area contributed by atoms with E-state index in [1.807, 2.05) is 43.3 Å². The third-order valence-corrected chi connectivity index (χ3v) is 2.05. The maximum Gasteiger partial charge on any atom is 0.333 e. The van der Waals surface area contributed by atoms with Crippen LogP contribution in [0.15, 0.2) is 42.5 Å². The summed E-state index contributed by atoms with van der Waals surface area (Å²) in [6, 6.07) is 8.12. The quantitative estimate of drug-likeness (QED) is 0.571. The number of ether oxygens (including phenoxy) is 1. The second-order valence-electron chi connectivity index (χ2n) is 3.69. The van der Waals surface area contributed by atoms with Gasteiger partial charge in [-0.3, -0.25) is 0 Å². The second-order valence-corrected chi connectivity index (χ2v) is 3.69. The summed E-state index contributed by atoms with van der Waals surface area (Å²) in [4.78, 5) is 11.0. The smallest absolute Gasteiger partial charge is 0.333 e. The molecule has 2 heteroatoms. The van der Waals surface area contributed by atoms with E-state index in [0.717, 1.165) is 5.56 Å². The first-order valence-electron chi connectivity index (χ1n) is 5.15. The SMILES string of the molecule is C=C(C)C(=O)OCC=Cc1ccc(C)cc1. The normalized spacial score (nSPS) is 10.4. The van der Waals surface area contributed by atoms with Gasteiger partial charge in [-0.2, -0.15) is 0 Å². The van der Waals surface area contributed by atoms with Crippen molar-refractivity contribution in [3.63, 3.8) is 0 Å². The predicted molar refractivity (Wildman–Crippen MR) is 66.0 cm³/mol. The lowest BCUT2D eigenvalue weighted by Gasteiger charge is -1.99. The van der Waals surface area contributed by atoms with E-state index in [-0.39, 0.29) is 12.6 Å². The Morgan fingerprint density at radius 3 is 2.56 bits per heavy atom. The van der Waals surface area contributed by atoms with Crippen molar-refractivity contribution in [2.75, 3.05) is 6.61 Å². The van der Waals surface area contributed by atoms with Crippen LogP contribution >= 0.6 is 0 Å². The Labute approximate surface area is 96.2 Å². The summed E-state index contributed by atoms with van der Waals surface area (Å²) in [6.07, 6.45) is 3.73. The van der Waals surface area contributed by atoms with Gasteiger partial charge >= 0.3 is 5.97 Å². The monoisotopic (exact) mass is 216 g/mol. The van der Waals surface area contributed by atoms with Gasteiger partial charge in [0.15, 0.2) is 0 Å². The third-order valence-electron chi connectivity index (χ3n) is 2.05. The maximum atomic E-state index is 11.0. The Bertz CT molecular complexity index is 399. The van der Waals surface area contributed by atoms with Gasteiger partial charge in [0.1, 0.15) is 6.61 Å². The number of carbonyl (C=O) groups excluding carboxylic acids is 1. The topological polar surface area (TPSA) is 26.3 Å². The molecule has 1 rings (SSSR count).